The number of hydrogen-bond donors (Lipinski definition) is 1. The van der Waals surface area contributed by atoms with E-state index in [4.69, 9.17) is 16.6 Å². The van der Waals surface area contributed by atoms with Gasteiger partial charge in [-0.2, -0.15) is 0 Å². The molecule has 1 aliphatic heterocycles. The highest BCUT2D eigenvalue weighted by atomic mass is 35.5. The topological polar surface area (TPSA) is 35.8 Å². The lowest BCUT2D eigenvalue weighted by atomic mass is 10.0. The van der Waals surface area contributed by atoms with Gasteiger partial charge in [-0.1, -0.05) is 53.7 Å². The van der Waals surface area contributed by atoms with Crippen molar-refractivity contribution in [2.45, 2.75) is 19.6 Å². The van der Waals surface area contributed by atoms with Crippen LogP contribution in [-0.2, 0) is 5.72 Å². The summed E-state index contributed by atoms with van der Waals surface area (Å²) in [6.45, 7) is 4.11. The zero-order valence-corrected chi connectivity index (χ0v) is 14.9. The van der Waals surface area contributed by atoms with Crippen molar-refractivity contribution >= 4 is 34.2 Å². The van der Waals surface area contributed by atoms with E-state index >= 15 is 0 Å². The quantitative estimate of drug-likeness (QED) is 0.871. The summed E-state index contributed by atoms with van der Waals surface area (Å²) in [5.74, 6) is 0.537. The number of para-hydroxylation sites is 1. The first-order chi connectivity index (χ1) is 10.9. The normalized spacial score (nSPS) is 22.8. The standard InChI is InChI=1S/C18H19ClN2OS/c1-12-5-4-6-13(2)16(12)20-17-21(3)18(22,11-23-17)14-7-9-15(19)10-8-14/h4-10,22H,11H2,1-3H3. The van der Waals surface area contributed by atoms with E-state index in [0.717, 1.165) is 27.5 Å². The van der Waals surface area contributed by atoms with Crippen molar-refractivity contribution < 1.29 is 5.11 Å². The van der Waals surface area contributed by atoms with Crippen molar-refractivity contribution in [3.63, 3.8) is 0 Å². The van der Waals surface area contributed by atoms with Crippen LogP contribution in [0.1, 0.15) is 16.7 Å². The van der Waals surface area contributed by atoms with Crippen molar-refractivity contribution in [3.8, 4) is 0 Å². The minimum atomic E-state index is -1.06. The second kappa shape index (κ2) is 6.19. The van der Waals surface area contributed by atoms with Crippen molar-refractivity contribution in [2.24, 2.45) is 4.99 Å². The van der Waals surface area contributed by atoms with Gasteiger partial charge in [0.25, 0.3) is 0 Å². The van der Waals surface area contributed by atoms with E-state index in [1.165, 1.54) is 0 Å². The third-order valence-electron chi connectivity index (χ3n) is 4.20. The van der Waals surface area contributed by atoms with E-state index in [1.807, 2.05) is 30.1 Å². The molecule has 5 heteroatoms. The van der Waals surface area contributed by atoms with E-state index in [2.05, 4.69) is 26.0 Å². The fraction of sp³-hybridized carbons (Fsp3) is 0.278. The van der Waals surface area contributed by atoms with Gasteiger partial charge in [-0.25, -0.2) is 4.99 Å². The van der Waals surface area contributed by atoms with E-state index in [9.17, 15) is 5.11 Å². The number of aliphatic hydroxyl groups is 1. The molecule has 1 aliphatic rings. The minimum absolute atomic E-state index is 0.537. The highest BCUT2D eigenvalue weighted by molar-refractivity contribution is 8.14. The summed E-state index contributed by atoms with van der Waals surface area (Å²) in [7, 11) is 1.88. The molecule has 2 aromatic carbocycles. The zero-order valence-electron chi connectivity index (χ0n) is 13.4. The number of benzene rings is 2. The number of rotatable bonds is 2. The van der Waals surface area contributed by atoms with Crippen LogP contribution in [0.5, 0.6) is 0 Å². The molecule has 120 valence electrons. The van der Waals surface area contributed by atoms with Gasteiger partial charge in [-0.05, 0) is 37.1 Å². The van der Waals surface area contributed by atoms with Gasteiger partial charge in [0.2, 0.25) is 0 Å². The third kappa shape index (κ3) is 2.99. The van der Waals surface area contributed by atoms with Crippen LogP contribution in [0.25, 0.3) is 0 Å². The van der Waals surface area contributed by atoms with Gasteiger partial charge in [-0.15, -0.1) is 0 Å². The summed E-state index contributed by atoms with van der Waals surface area (Å²) in [6.07, 6.45) is 0. The van der Waals surface area contributed by atoms with Gasteiger partial charge in [0.1, 0.15) is 0 Å². The molecule has 2 aromatic rings. The summed E-state index contributed by atoms with van der Waals surface area (Å²) < 4.78 is 0. The predicted molar refractivity (Wildman–Crippen MR) is 98.6 cm³/mol. The minimum Gasteiger partial charge on any atom is -0.366 e. The lowest BCUT2D eigenvalue weighted by Gasteiger charge is -2.31. The molecule has 23 heavy (non-hydrogen) atoms. The second-order valence-electron chi connectivity index (χ2n) is 5.81. The summed E-state index contributed by atoms with van der Waals surface area (Å²) in [6, 6.07) is 13.5. The molecule has 0 saturated carbocycles. The third-order valence-corrected chi connectivity index (χ3v) is 5.62. The van der Waals surface area contributed by atoms with Crippen LogP contribution in [0.4, 0.5) is 5.69 Å². The molecular formula is C18H19ClN2OS. The highest BCUT2D eigenvalue weighted by Crippen LogP contribution is 2.39. The Labute approximate surface area is 146 Å². The fourth-order valence-corrected chi connectivity index (χ4v) is 4.01. The molecule has 1 saturated heterocycles. The van der Waals surface area contributed by atoms with Crippen LogP contribution >= 0.6 is 23.4 Å². The maximum Gasteiger partial charge on any atom is 0.175 e. The Morgan fingerprint density at radius 2 is 1.74 bits per heavy atom. The zero-order chi connectivity index (χ0) is 16.6. The van der Waals surface area contributed by atoms with Gasteiger partial charge in [-0.3, -0.25) is 0 Å². The Bertz CT molecular complexity index is 740. The van der Waals surface area contributed by atoms with Crippen LogP contribution in [0.2, 0.25) is 5.02 Å². The Balaban J connectivity index is 1.96. The van der Waals surface area contributed by atoms with Gasteiger partial charge in [0.05, 0.1) is 11.4 Å². The van der Waals surface area contributed by atoms with Crippen molar-refractivity contribution in [2.75, 3.05) is 12.8 Å². The Morgan fingerprint density at radius 1 is 1.13 bits per heavy atom. The molecule has 0 spiro atoms. The highest BCUT2D eigenvalue weighted by Gasteiger charge is 2.42. The summed E-state index contributed by atoms with van der Waals surface area (Å²) in [5.41, 5.74) is 3.00. The summed E-state index contributed by atoms with van der Waals surface area (Å²) in [4.78, 5) is 6.64. The average Bonchev–Trinajstić information content (AvgIpc) is 2.81. The molecule has 3 rings (SSSR count). The predicted octanol–water partition coefficient (Wildman–Crippen LogP) is 4.47. The van der Waals surface area contributed by atoms with Crippen LogP contribution in [0.15, 0.2) is 47.5 Å². The van der Waals surface area contributed by atoms with Crippen molar-refractivity contribution in [1.82, 2.24) is 4.90 Å². The maximum atomic E-state index is 11.1. The Morgan fingerprint density at radius 3 is 2.35 bits per heavy atom. The average molecular weight is 347 g/mol. The smallest absolute Gasteiger partial charge is 0.175 e. The lowest BCUT2D eigenvalue weighted by Crippen LogP contribution is -2.42. The van der Waals surface area contributed by atoms with Crippen LogP contribution in [-0.4, -0.2) is 28.0 Å². The molecule has 3 nitrogen and oxygen atoms in total. The molecule has 0 bridgehead atoms. The SMILES string of the molecule is Cc1cccc(C)c1N=C1SCC(O)(c2ccc(Cl)cc2)N1C. The van der Waals surface area contributed by atoms with Crippen LogP contribution in [0, 0.1) is 13.8 Å². The first-order valence-electron chi connectivity index (χ1n) is 7.42. The number of aryl methyl sites for hydroxylation is 2. The van der Waals surface area contributed by atoms with Crippen molar-refractivity contribution in [1.29, 1.82) is 0 Å². The van der Waals surface area contributed by atoms with Gasteiger partial charge < -0.3 is 10.0 Å². The molecule has 1 unspecified atom stereocenters. The largest absolute Gasteiger partial charge is 0.366 e. The number of nitrogens with zero attached hydrogens (tertiary/aromatic N) is 2. The Kier molecular flexibility index (Phi) is 4.41. The number of thioether (sulfide) groups is 1. The maximum absolute atomic E-state index is 11.1. The first-order valence-corrected chi connectivity index (χ1v) is 8.78. The van der Waals surface area contributed by atoms with E-state index < -0.39 is 5.72 Å². The fourth-order valence-electron chi connectivity index (χ4n) is 2.70. The number of aliphatic imine (C=N–C) groups is 1. The van der Waals surface area contributed by atoms with Gasteiger partial charge in [0.15, 0.2) is 10.9 Å². The summed E-state index contributed by atoms with van der Waals surface area (Å²) >= 11 is 7.51. The lowest BCUT2D eigenvalue weighted by molar-refractivity contribution is -0.0347. The Hall–Kier alpha value is -1.49. The number of amidine groups is 1. The molecule has 1 atom stereocenters. The monoisotopic (exact) mass is 346 g/mol. The van der Waals surface area contributed by atoms with Crippen molar-refractivity contribution in [3.05, 3.63) is 64.2 Å². The summed E-state index contributed by atoms with van der Waals surface area (Å²) in [5, 5.41) is 12.6. The number of hydrogen-bond acceptors (Lipinski definition) is 3. The van der Waals surface area contributed by atoms with Crippen LogP contribution < -0.4 is 0 Å². The molecule has 0 aromatic heterocycles. The first kappa shape index (κ1) is 16.4. The number of halogens is 1. The molecule has 0 aliphatic carbocycles. The van der Waals surface area contributed by atoms with E-state index in [-0.39, 0.29) is 0 Å². The van der Waals surface area contributed by atoms with Crippen LogP contribution in [0.3, 0.4) is 0 Å². The van der Waals surface area contributed by atoms with E-state index in [1.54, 1.807) is 23.9 Å². The molecular weight excluding hydrogens is 328 g/mol. The van der Waals surface area contributed by atoms with Gasteiger partial charge >= 0.3 is 0 Å². The molecule has 1 heterocycles. The molecule has 1 N–H and O–H groups in total. The molecule has 1 fully saturated rings. The van der Waals surface area contributed by atoms with E-state index in [0.29, 0.717) is 10.8 Å². The van der Waals surface area contributed by atoms with Gasteiger partial charge in [0, 0.05) is 17.6 Å². The molecule has 0 amide bonds. The molecule has 0 radical (unpaired) electrons. The second-order valence-corrected chi connectivity index (χ2v) is 7.18.